The molecule has 1 fully saturated rings. The van der Waals surface area contributed by atoms with Gasteiger partial charge in [-0.25, -0.2) is 4.39 Å². The van der Waals surface area contributed by atoms with Crippen molar-refractivity contribution >= 4 is 11.8 Å². The van der Waals surface area contributed by atoms with Gasteiger partial charge in [0.2, 0.25) is 5.91 Å². The molecule has 0 radical (unpaired) electrons. The smallest absolute Gasteiger partial charge is 0.254 e. The molecule has 0 aromatic heterocycles. The lowest BCUT2D eigenvalue weighted by Gasteiger charge is -2.26. The maximum absolute atomic E-state index is 13.4. The number of aliphatic hydroxyl groups is 1. The van der Waals surface area contributed by atoms with E-state index in [0.717, 1.165) is 12.8 Å². The van der Waals surface area contributed by atoms with Gasteiger partial charge in [0, 0.05) is 6.04 Å². The lowest BCUT2D eigenvalue weighted by atomic mass is 9.93. The summed E-state index contributed by atoms with van der Waals surface area (Å²) in [6.45, 7) is -0.188. The molecule has 2 amide bonds. The predicted molar refractivity (Wildman–Crippen MR) is 75.1 cm³/mol. The van der Waals surface area contributed by atoms with Crippen molar-refractivity contribution in [2.75, 3.05) is 6.54 Å². The first-order chi connectivity index (χ1) is 10.1. The largest absolute Gasteiger partial charge is 0.393 e. The first-order valence-corrected chi connectivity index (χ1v) is 7.06. The molecule has 2 rings (SSSR count). The van der Waals surface area contributed by atoms with E-state index in [9.17, 15) is 19.1 Å². The highest BCUT2D eigenvalue weighted by Gasteiger charge is 2.21. The van der Waals surface area contributed by atoms with Crippen LogP contribution in [0.4, 0.5) is 4.39 Å². The predicted octanol–water partition coefficient (Wildman–Crippen LogP) is 0.975. The van der Waals surface area contributed by atoms with Crippen LogP contribution in [0.2, 0.25) is 0 Å². The summed E-state index contributed by atoms with van der Waals surface area (Å²) in [6.07, 6.45) is 2.53. The number of hydrogen-bond donors (Lipinski definition) is 3. The average molecular weight is 294 g/mol. The number of benzene rings is 1. The third kappa shape index (κ3) is 4.53. The van der Waals surface area contributed by atoms with Crippen molar-refractivity contribution in [2.24, 2.45) is 0 Å². The molecule has 0 spiro atoms. The van der Waals surface area contributed by atoms with Crippen molar-refractivity contribution in [3.63, 3.8) is 0 Å². The molecule has 1 aliphatic rings. The third-order valence-corrected chi connectivity index (χ3v) is 3.59. The fourth-order valence-electron chi connectivity index (χ4n) is 2.40. The third-order valence-electron chi connectivity index (χ3n) is 3.59. The van der Waals surface area contributed by atoms with Gasteiger partial charge in [0.05, 0.1) is 18.2 Å². The van der Waals surface area contributed by atoms with Gasteiger partial charge < -0.3 is 15.7 Å². The van der Waals surface area contributed by atoms with Gasteiger partial charge in [-0.1, -0.05) is 12.1 Å². The highest BCUT2D eigenvalue weighted by atomic mass is 19.1. The van der Waals surface area contributed by atoms with E-state index in [-0.39, 0.29) is 30.2 Å². The molecule has 0 bridgehead atoms. The Kier molecular flexibility index (Phi) is 5.27. The first kappa shape index (κ1) is 15.4. The van der Waals surface area contributed by atoms with Crippen molar-refractivity contribution < 1.29 is 19.1 Å². The van der Waals surface area contributed by atoms with E-state index < -0.39 is 11.7 Å². The summed E-state index contributed by atoms with van der Waals surface area (Å²) in [4.78, 5) is 23.5. The van der Waals surface area contributed by atoms with Gasteiger partial charge in [-0.15, -0.1) is 0 Å². The van der Waals surface area contributed by atoms with Crippen LogP contribution in [0.3, 0.4) is 0 Å². The average Bonchev–Trinajstić information content (AvgIpc) is 2.48. The summed E-state index contributed by atoms with van der Waals surface area (Å²) in [5.41, 5.74) is -0.0777. The SMILES string of the molecule is O=C(CNC(=O)c1ccccc1F)NC1CCC(O)CC1. The maximum Gasteiger partial charge on any atom is 0.254 e. The molecule has 0 atom stereocenters. The number of carbonyl (C=O) groups excluding carboxylic acids is 2. The van der Waals surface area contributed by atoms with Gasteiger partial charge in [0.25, 0.3) is 5.91 Å². The zero-order chi connectivity index (χ0) is 15.2. The van der Waals surface area contributed by atoms with E-state index in [4.69, 9.17) is 0 Å². The number of aliphatic hydroxyl groups excluding tert-OH is 1. The number of amides is 2. The molecule has 0 saturated heterocycles. The van der Waals surface area contributed by atoms with Gasteiger partial charge in [-0.2, -0.15) is 0 Å². The zero-order valence-corrected chi connectivity index (χ0v) is 11.6. The van der Waals surface area contributed by atoms with E-state index in [0.29, 0.717) is 12.8 Å². The van der Waals surface area contributed by atoms with Crippen LogP contribution in [-0.4, -0.2) is 35.6 Å². The van der Waals surface area contributed by atoms with Gasteiger partial charge in [-0.3, -0.25) is 9.59 Å². The quantitative estimate of drug-likeness (QED) is 0.774. The standard InChI is InChI=1S/C15H19FN2O3/c16-13-4-2-1-3-12(13)15(21)17-9-14(20)18-10-5-7-11(19)8-6-10/h1-4,10-11,19H,5-9H2,(H,17,21)(H,18,20). The summed E-state index contributed by atoms with van der Waals surface area (Å²) < 4.78 is 13.4. The normalized spacial score (nSPS) is 21.6. The Bertz CT molecular complexity index is 513. The fourth-order valence-corrected chi connectivity index (χ4v) is 2.40. The Hall–Kier alpha value is -1.95. The van der Waals surface area contributed by atoms with Crippen LogP contribution < -0.4 is 10.6 Å². The highest BCUT2D eigenvalue weighted by molar-refractivity contribution is 5.96. The van der Waals surface area contributed by atoms with Crippen molar-refractivity contribution in [3.05, 3.63) is 35.6 Å². The topological polar surface area (TPSA) is 78.4 Å². The molecule has 0 unspecified atom stereocenters. The Morgan fingerprint density at radius 2 is 1.86 bits per heavy atom. The molecule has 6 heteroatoms. The van der Waals surface area contributed by atoms with Gasteiger partial charge in [0.15, 0.2) is 0 Å². The Morgan fingerprint density at radius 1 is 1.19 bits per heavy atom. The summed E-state index contributed by atoms with van der Waals surface area (Å²) in [6, 6.07) is 5.65. The molecule has 0 heterocycles. The zero-order valence-electron chi connectivity index (χ0n) is 11.6. The minimum absolute atomic E-state index is 0.0336. The van der Waals surface area contributed by atoms with Crippen molar-refractivity contribution in [3.8, 4) is 0 Å². The van der Waals surface area contributed by atoms with Crippen molar-refractivity contribution in [1.29, 1.82) is 0 Å². The Morgan fingerprint density at radius 3 is 2.52 bits per heavy atom. The van der Waals surface area contributed by atoms with Crippen molar-refractivity contribution in [2.45, 2.75) is 37.8 Å². The molecular weight excluding hydrogens is 275 g/mol. The van der Waals surface area contributed by atoms with E-state index in [1.807, 2.05) is 0 Å². The Labute approximate surface area is 122 Å². The second-order valence-electron chi connectivity index (χ2n) is 5.24. The van der Waals surface area contributed by atoms with Gasteiger partial charge >= 0.3 is 0 Å². The lowest BCUT2D eigenvalue weighted by molar-refractivity contribution is -0.121. The number of halogens is 1. The molecular formula is C15H19FN2O3. The van der Waals surface area contributed by atoms with E-state index in [2.05, 4.69) is 10.6 Å². The van der Waals surface area contributed by atoms with E-state index in [1.165, 1.54) is 18.2 Å². The second kappa shape index (κ2) is 7.17. The fraction of sp³-hybridized carbons (Fsp3) is 0.467. The molecule has 1 aliphatic carbocycles. The molecule has 114 valence electrons. The van der Waals surface area contributed by atoms with Crippen LogP contribution in [0.25, 0.3) is 0 Å². The summed E-state index contributed by atoms with van der Waals surface area (Å²) in [7, 11) is 0. The number of rotatable bonds is 4. The van der Waals surface area contributed by atoms with Gasteiger partial charge in [-0.05, 0) is 37.8 Å². The molecule has 21 heavy (non-hydrogen) atoms. The highest BCUT2D eigenvalue weighted by Crippen LogP contribution is 2.18. The van der Waals surface area contributed by atoms with Crippen LogP contribution in [0.5, 0.6) is 0 Å². The van der Waals surface area contributed by atoms with Crippen LogP contribution in [0.15, 0.2) is 24.3 Å². The van der Waals surface area contributed by atoms with E-state index in [1.54, 1.807) is 6.07 Å². The molecule has 5 nitrogen and oxygen atoms in total. The first-order valence-electron chi connectivity index (χ1n) is 7.06. The number of hydrogen-bond acceptors (Lipinski definition) is 3. The second-order valence-corrected chi connectivity index (χ2v) is 5.24. The monoisotopic (exact) mass is 294 g/mol. The Balaban J connectivity index is 1.76. The summed E-state index contributed by atoms with van der Waals surface area (Å²) >= 11 is 0. The van der Waals surface area contributed by atoms with E-state index >= 15 is 0 Å². The minimum atomic E-state index is -0.614. The molecule has 0 aliphatic heterocycles. The molecule has 1 aromatic carbocycles. The lowest BCUT2D eigenvalue weighted by Crippen LogP contribution is -2.43. The number of nitrogens with one attached hydrogen (secondary N) is 2. The number of carbonyl (C=O) groups is 2. The molecule has 3 N–H and O–H groups in total. The molecule has 1 aromatic rings. The maximum atomic E-state index is 13.4. The summed E-state index contributed by atoms with van der Waals surface area (Å²) in [5.74, 6) is -1.53. The van der Waals surface area contributed by atoms with Crippen LogP contribution in [0, 0.1) is 5.82 Å². The van der Waals surface area contributed by atoms with Crippen LogP contribution in [-0.2, 0) is 4.79 Å². The minimum Gasteiger partial charge on any atom is -0.393 e. The van der Waals surface area contributed by atoms with Gasteiger partial charge in [0.1, 0.15) is 5.82 Å². The van der Waals surface area contributed by atoms with Crippen molar-refractivity contribution in [1.82, 2.24) is 10.6 Å². The van der Waals surface area contributed by atoms with Crippen LogP contribution in [0.1, 0.15) is 36.0 Å². The summed E-state index contributed by atoms with van der Waals surface area (Å²) in [5, 5.41) is 14.6. The van der Waals surface area contributed by atoms with Crippen LogP contribution >= 0.6 is 0 Å². The molecule has 1 saturated carbocycles.